The molecule has 17 heavy (non-hydrogen) atoms. The molecule has 1 fully saturated rings. The van der Waals surface area contributed by atoms with Gasteiger partial charge in [0, 0.05) is 19.1 Å². The van der Waals surface area contributed by atoms with Gasteiger partial charge >= 0.3 is 0 Å². The molecule has 2 heterocycles. The van der Waals surface area contributed by atoms with Crippen molar-refractivity contribution in [3.63, 3.8) is 0 Å². The number of rotatable bonds is 4. The summed E-state index contributed by atoms with van der Waals surface area (Å²) >= 11 is 0. The molecule has 1 aromatic heterocycles. The van der Waals surface area contributed by atoms with Crippen molar-refractivity contribution >= 4 is 5.82 Å². The molecular formula is C12H20N4O. The van der Waals surface area contributed by atoms with Crippen LogP contribution in [-0.4, -0.2) is 53.2 Å². The van der Waals surface area contributed by atoms with Crippen LogP contribution in [0.15, 0.2) is 12.4 Å². The number of hydrogen-bond donors (Lipinski definition) is 1. The summed E-state index contributed by atoms with van der Waals surface area (Å²) < 4.78 is 0. The van der Waals surface area contributed by atoms with E-state index in [1.54, 1.807) is 12.4 Å². The number of aliphatic hydroxyl groups excluding tert-OH is 1. The normalized spacial score (nSPS) is 20.2. The Morgan fingerprint density at radius 2 is 2.24 bits per heavy atom. The molecule has 5 heteroatoms. The van der Waals surface area contributed by atoms with Crippen molar-refractivity contribution in [1.82, 2.24) is 14.9 Å². The monoisotopic (exact) mass is 236 g/mol. The standard InChI is InChI=1S/C12H20N4O/c1-15(2)8-11-4-3-5-16(11)12-7-13-10(9-17)6-14-12/h6-7,11,17H,3-5,8-9H2,1-2H3. The zero-order valence-electron chi connectivity index (χ0n) is 10.5. The molecule has 1 aromatic rings. The molecule has 2 rings (SSSR count). The van der Waals surface area contributed by atoms with E-state index >= 15 is 0 Å². The quantitative estimate of drug-likeness (QED) is 0.825. The summed E-state index contributed by atoms with van der Waals surface area (Å²) in [5.41, 5.74) is 0.622. The van der Waals surface area contributed by atoms with Gasteiger partial charge in [0.1, 0.15) is 5.82 Å². The maximum Gasteiger partial charge on any atom is 0.147 e. The molecule has 0 bridgehead atoms. The minimum Gasteiger partial charge on any atom is -0.390 e. The molecule has 1 aliphatic rings. The highest BCUT2D eigenvalue weighted by molar-refractivity contribution is 5.39. The first-order chi connectivity index (χ1) is 8.20. The van der Waals surface area contributed by atoms with E-state index in [2.05, 4.69) is 33.9 Å². The molecule has 94 valence electrons. The summed E-state index contributed by atoms with van der Waals surface area (Å²) in [5, 5.41) is 8.94. The number of likely N-dealkylation sites (N-methyl/N-ethyl adjacent to an activating group) is 1. The first-order valence-corrected chi connectivity index (χ1v) is 6.04. The molecule has 1 saturated heterocycles. The minimum atomic E-state index is -0.0472. The zero-order valence-corrected chi connectivity index (χ0v) is 10.5. The van der Waals surface area contributed by atoms with Gasteiger partial charge in [-0.15, -0.1) is 0 Å². The van der Waals surface area contributed by atoms with Crippen LogP contribution in [0.4, 0.5) is 5.82 Å². The van der Waals surface area contributed by atoms with Crippen LogP contribution in [0, 0.1) is 0 Å². The summed E-state index contributed by atoms with van der Waals surface area (Å²) in [7, 11) is 4.19. The van der Waals surface area contributed by atoms with Crippen molar-refractivity contribution in [1.29, 1.82) is 0 Å². The second-order valence-corrected chi connectivity index (χ2v) is 4.78. The molecule has 1 unspecified atom stereocenters. The van der Waals surface area contributed by atoms with E-state index in [1.165, 1.54) is 12.8 Å². The van der Waals surface area contributed by atoms with E-state index in [4.69, 9.17) is 5.11 Å². The summed E-state index contributed by atoms with van der Waals surface area (Å²) in [6.45, 7) is 2.05. The first kappa shape index (κ1) is 12.3. The average molecular weight is 236 g/mol. The summed E-state index contributed by atoms with van der Waals surface area (Å²) in [6, 6.07) is 0.527. The molecule has 1 N–H and O–H groups in total. The van der Waals surface area contributed by atoms with Crippen LogP contribution < -0.4 is 4.90 Å². The van der Waals surface area contributed by atoms with E-state index in [9.17, 15) is 0 Å². The van der Waals surface area contributed by atoms with Crippen molar-refractivity contribution in [3.05, 3.63) is 18.1 Å². The van der Waals surface area contributed by atoms with Crippen molar-refractivity contribution in [2.45, 2.75) is 25.5 Å². The Morgan fingerprint density at radius 3 is 2.82 bits per heavy atom. The number of nitrogens with zero attached hydrogens (tertiary/aromatic N) is 4. The molecule has 0 aromatic carbocycles. The third kappa shape index (κ3) is 2.92. The number of anilines is 1. The van der Waals surface area contributed by atoms with Gasteiger partial charge in [-0.3, -0.25) is 4.98 Å². The van der Waals surface area contributed by atoms with Gasteiger partial charge in [0.2, 0.25) is 0 Å². The first-order valence-electron chi connectivity index (χ1n) is 6.04. The lowest BCUT2D eigenvalue weighted by Gasteiger charge is -2.27. The van der Waals surface area contributed by atoms with Crippen LogP contribution in [0.3, 0.4) is 0 Å². The lowest BCUT2D eigenvalue weighted by Crippen LogP contribution is -2.38. The van der Waals surface area contributed by atoms with Gasteiger partial charge in [-0.2, -0.15) is 0 Å². The highest BCUT2D eigenvalue weighted by Gasteiger charge is 2.26. The number of aliphatic hydroxyl groups is 1. The third-order valence-electron chi connectivity index (χ3n) is 3.10. The van der Waals surface area contributed by atoms with Crippen molar-refractivity contribution in [2.75, 3.05) is 32.1 Å². The largest absolute Gasteiger partial charge is 0.390 e. The Kier molecular flexibility index (Phi) is 3.91. The van der Waals surface area contributed by atoms with Crippen LogP contribution in [0.25, 0.3) is 0 Å². The Balaban J connectivity index is 2.08. The Morgan fingerprint density at radius 1 is 1.41 bits per heavy atom. The second-order valence-electron chi connectivity index (χ2n) is 4.78. The molecule has 0 aliphatic carbocycles. The fraction of sp³-hybridized carbons (Fsp3) is 0.667. The molecular weight excluding hydrogens is 216 g/mol. The predicted octanol–water partition coefficient (Wildman–Crippen LogP) is 0.499. The molecule has 0 amide bonds. The van der Waals surface area contributed by atoms with Gasteiger partial charge in [-0.25, -0.2) is 4.98 Å². The second kappa shape index (κ2) is 5.42. The Hall–Kier alpha value is -1.20. The van der Waals surface area contributed by atoms with Crippen LogP contribution >= 0.6 is 0 Å². The van der Waals surface area contributed by atoms with E-state index in [-0.39, 0.29) is 6.61 Å². The fourth-order valence-electron chi connectivity index (χ4n) is 2.33. The summed E-state index contributed by atoms with van der Waals surface area (Å²) in [5.74, 6) is 0.923. The molecule has 5 nitrogen and oxygen atoms in total. The van der Waals surface area contributed by atoms with Crippen LogP contribution in [0.1, 0.15) is 18.5 Å². The zero-order chi connectivity index (χ0) is 12.3. The predicted molar refractivity (Wildman–Crippen MR) is 66.9 cm³/mol. The van der Waals surface area contributed by atoms with Gasteiger partial charge in [0.15, 0.2) is 0 Å². The lowest BCUT2D eigenvalue weighted by molar-refractivity contribution is 0.276. The van der Waals surface area contributed by atoms with E-state index in [0.717, 1.165) is 18.9 Å². The molecule has 1 atom stereocenters. The van der Waals surface area contributed by atoms with Crippen molar-refractivity contribution in [3.8, 4) is 0 Å². The highest BCUT2D eigenvalue weighted by Crippen LogP contribution is 2.23. The number of aromatic nitrogens is 2. The summed E-state index contributed by atoms with van der Waals surface area (Å²) in [4.78, 5) is 13.1. The molecule has 0 saturated carbocycles. The highest BCUT2D eigenvalue weighted by atomic mass is 16.3. The van der Waals surface area contributed by atoms with Gasteiger partial charge in [-0.1, -0.05) is 0 Å². The van der Waals surface area contributed by atoms with Gasteiger partial charge in [0.05, 0.1) is 24.7 Å². The van der Waals surface area contributed by atoms with Crippen molar-refractivity contribution < 1.29 is 5.11 Å². The van der Waals surface area contributed by atoms with Crippen LogP contribution in [-0.2, 0) is 6.61 Å². The SMILES string of the molecule is CN(C)CC1CCCN1c1cnc(CO)cn1. The van der Waals surface area contributed by atoms with E-state index in [1.807, 2.05) is 0 Å². The van der Waals surface area contributed by atoms with Crippen LogP contribution in [0.2, 0.25) is 0 Å². The van der Waals surface area contributed by atoms with E-state index in [0.29, 0.717) is 11.7 Å². The smallest absolute Gasteiger partial charge is 0.147 e. The lowest BCUT2D eigenvalue weighted by atomic mass is 10.2. The fourth-order valence-corrected chi connectivity index (χ4v) is 2.33. The van der Waals surface area contributed by atoms with Crippen molar-refractivity contribution in [2.24, 2.45) is 0 Å². The molecule has 1 aliphatic heterocycles. The number of hydrogen-bond acceptors (Lipinski definition) is 5. The van der Waals surface area contributed by atoms with Gasteiger partial charge < -0.3 is 14.9 Å². The van der Waals surface area contributed by atoms with E-state index < -0.39 is 0 Å². The molecule has 0 spiro atoms. The average Bonchev–Trinajstić information content (AvgIpc) is 2.76. The molecule has 0 radical (unpaired) electrons. The Bertz CT molecular complexity index is 352. The Labute approximate surface area is 102 Å². The maximum absolute atomic E-state index is 8.94. The topological polar surface area (TPSA) is 52.5 Å². The van der Waals surface area contributed by atoms with Gasteiger partial charge in [-0.05, 0) is 26.9 Å². The summed E-state index contributed by atoms with van der Waals surface area (Å²) in [6.07, 6.45) is 5.84. The maximum atomic E-state index is 8.94. The van der Waals surface area contributed by atoms with Crippen LogP contribution in [0.5, 0.6) is 0 Å². The van der Waals surface area contributed by atoms with Gasteiger partial charge in [0.25, 0.3) is 0 Å². The third-order valence-corrected chi connectivity index (χ3v) is 3.10. The minimum absolute atomic E-state index is 0.0472.